The minimum absolute atomic E-state index is 0.0481. The minimum atomic E-state index is -0.598. The number of nitrogens with zero attached hydrogens (tertiary/aromatic N) is 5. The van der Waals surface area contributed by atoms with Gasteiger partial charge in [0.05, 0.1) is 30.6 Å². The molecule has 1 atom stereocenters. The van der Waals surface area contributed by atoms with Crippen molar-refractivity contribution in [3.05, 3.63) is 41.7 Å². The van der Waals surface area contributed by atoms with Crippen LogP contribution >= 0.6 is 0 Å². The van der Waals surface area contributed by atoms with Gasteiger partial charge in [0.1, 0.15) is 5.69 Å². The molecule has 0 aromatic carbocycles. The molecule has 0 aliphatic carbocycles. The number of likely N-dealkylation sites (tertiary alicyclic amines) is 1. The van der Waals surface area contributed by atoms with Gasteiger partial charge in [0.2, 0.25) is 0 Å². The van der Waals surface area contributed by atoms with Gasteiger partial charge in [0.25, 0.3) is 5.91 Å². The number of carbonyl (C=O) groups is 1. The SMILES string of the molecule is COCc1cn([C@@H]2CCN(C(=O)c3ccncc3F)C2)nn1. The fourth-order valence-electron chi connectivity index (χ4n) is 2.57. The zero-order chi connectivity index (χ0) is 15.5. The van der Waals surface area contributed by atoms with Crippen molar-refractivity contribution in [2.75, 3.05) is 20.2 Å². The lowest BCUT2D eigenvalue weighted by Gasteiger charge is -2.16. The zero-order valence-electron chi connectivity index (χ0n) is 12.1. The Morgan fingerprint density at radius 2 is 2.41 bits per heavy atom. The summed E-state index contributed by atoms with van der Waals surface area (Å²) in [5.74, 6) is -0.918. The van der Waals surface area contributed by atoms with Gasteiger partial charge in [-0.1, -0.05) is 5.21 Å². The van der Waals surface area contributed by atoms with E-state index in [2.05, 4.69) is 15.3 Å². The smallest absolute Gasteiger partial charge is 0.257 e. The maximum absolute atomic E-state index is 13.7. The third kappa shape index (κ3) is 2.82. The molecule has 3 heterocycles. The van der Waals surface area contributed by atoms with E-state index in [4.69, 9.17) is 4.74 Å². The Hall–Kier alpha value is -2.35. The van der Waals surface area contributed by atoms with Gasteiger partial charge >= 0.3 is 0 Å². The maximum Gasteiger partial charge on any atom is 0.257 e. The molecule has 8 heteroatoms. The molecule has 116 valence electrons. The Balaban J connectivity index is 1.69. The van der Waals surface area contributed by atoms with Crippen molar-refractivity contribution in [1.82, 2.24) is 24.9 Å². The highest BCUT2D eigenvalue weighted by atomic mass is 19.1. The van der Waals surface area contributed by atoms with Gasteiger partial charge in [0, 0.05) is 26.4 Å². The van der Waals surface area contributed by atoms with Crippen LogP contribution in [0.2, 0.25) is 0 Å². The molecule has 1 fully saturated rings. The molecule has 2 aromatic heterocycles. The van der Waals surface area contributed by atoms with E-state index in [1.54, 1.807) is 16.7 Å². The molecular weight excluding hydrogens is 289 g/mol. The zero-order valence-corrected chi connectivity index (χ0v) is 12.1. The van der Waals surface area contributed by atoms with Crippen LogP contribution < -0.4 is 0 Å². The van der Waals surface area contributed by atoms with E-state index in [0.29, 0.717) is 19.7 Å². The van der Waals surface area contributed by atoms with Gasteiger partial charge in [-0.2, -0.15) is 0 Å². The average molecular weight is 305 g/mol. The molecular formula is C14H16FN5O2. The van der Waals surface area contributed by atoms with Gasteiger partial charge in [-0.3, -0.25) is 9.78 Å². The molecule has 0 saturated carbocycles. The third-order valence-electron chi connectivity index (χ3n) is 3.68. The van der Waals surface area contributed by atoms with Crippen molar-refractivity contribution in [2.24, 2.45) is 0 Å². The second-order valence-electron chi connectivity index (χ2n) is 5.17. The molecule has 2 aromatic rings. The normalized spacial score (nSPS) is 17.9. The summed E-state index contributed by atoms with van der Waals surface area (Å²) in [5, 5.41) is 8.07. The van der Waals surface area contributed by atoms with E-state index >= 15 is 0 Å². The second kappa shape index (κ2) is 6.18. The number of ether oxygens (including phenoxy) is 1. The summed E-state index contributed by atoms with van der Waals surface area (Å²) >= 11 is 0. The standard InChI is InChI=1S/C14H16FN5O2/c1-22-9-10-7-20(18-17-10)11-3-5-19(8-11)14(21)12-2-4-16-6-13(12)15/h2,4,6-7,11H,3,5,8-9H2,1H3/t11-/m1/s1. The molecule has 3 rings (SSSR count). The van der Waals surface area contributed by atoms with E-state index in [9.17, 15) is 9.18 Å². The Bertz CT molecular complexity index is 675. The van der Waals surface area contributed by atoms with Gasteiger partial charge in [-0.25, -0.2) is 9.07 Å². The van der Waals surface area contributed by atoms with Crippen molar-refractivity contribution in [1.29, 1.82) is 0 Å². The summed E-state index contributed by atoms with van der Waals surface area (Å²) in [6, 6.07) is 1.45. The topological polar surface area (TPSA) is 73.1 Å². The molecule has 1 amide bonds. The largest absolute Gasteiger partial charge is 0.378 e. The van der Waals surface area contributed by atoms with Crippen LogP contribution in [0.3, 0.4) is 0 Å². The Kier molecular flexibility index (Phi) is 4.10. The minimum Gasteiger partial charge on any atom is -0.378 e. The fourth-order valence-corrected chi connectivity index (χ4v) is 2.57. The van der Waals surface area contributed by atoms with Crippen LogP contribution in [0.15, 0.2) is 24.7 Å². The van der Waals surface area contributed by atoms with Crippen LogP contribution in [0.25, 0.3) is 0 Å². The van der Waals surface area contributed by atoms with Gasteiger partial charge in [0.15, 0.2) is 5.82 Å². The monoisotopic (exact) mass is 305 g/mol. The Labute approximate surface area is 126 Å². The summed E-state index contributed by atoms with van der Waals surface area (Å²) in [6.45, 7) is 1.44. The number of pyridine rings is 1. The molecule has 0 bridgehead atoms. The highest BCUT2D eigenvalue weighted by Crippen LogP contribution is 2.23. The van der Waals surface area contributed by atoms with Crippen molar-refractivity contribution in [3.8, 4) is 0 Å². The number of methoxy groups -OCH3 is 1. The van der Waals surface area contributed by atoms with Crippen molar-refractivity contribution >= 4 is 5.91 Å². The van der Waals surface area contributed by atoms with Gasteiger partial charge in [-0.15, -0.1) is 5.10 Å². The summed E-state index contributed by atoms with van der Waals surface area (Å²) < 4.78 is 20.4. The third-order valence-corrected chi connectivity index (χ3v) is 3.68. The molecule has 0 radical (unpaired) electrons. The quantitative estimate of drug-likeness (QED) is 0.844. The lowest BCUT2D eigenvalue weighted by Crippen LogP contribution is -2.30. The second-order valence-corrected chi connectivity index (χ2v) is 5.17. The van der Waals surface area contributed by atoms with Gasteiger partial charge in [-0.05, 0) is 12.5 Å². The first kappa shape index (κ1) is 14.6. The molecule has 22 heavy (non-hydrogen) atoms. The number of carbonyl (C=O) groups excluding carboxylic acids is 1. The molecule has 1 aliphatic rings. The molecule has 0 unspecified atom stereocenters. The maximum atomic E-state index is 13.7. The predicted octanol–water partition coefficient (Wildman–Crippen LogP) is 1.05. The lowest BCUT2D eigenvalue weighted by atomic mass is 10.2. The summed E-state index contributed by atoms with van der Waals surface area (Å²) in [4.78, 5) is 17.6. The summed E-state index contributed by atoms with van der Waals surface area (Å²) in [7, 11) is 1.60. The summed E-state index contributed by atoms with van der Waals surface area (Å²) in [6.07, 6.45) is 5.04. The van der Waals surface area contributed by atoms with Crippen LogP contribution in [-0.2, 0) is 11.3 Å². The molecule has 0 N–H and O–H groups in total. The molecule has 1 saturated heterocycles. The van der Waals surface area contributed by atoms with Crippen LogP contribution in [0.5, 0.6) is 0 Å². The van der Waals surface area contributed by atoms with Crippen LogP contribution in [0.4, 0.5) is 4.39 Å². The van der Waals surface area contributed by atoms with E-state index in [1.165, 1.54) is 12.3 Å². The van der Waals surface area contributed by atoms with Gasteiger partial charge < -0.3 is 9.64 Å². The first-order valence-electron chi connectivity index (χ1n) is 6.97. The molecule has 7 nitrogen and oxygen atoms in total. The van der Waals surface area contributed by atoms with Crippen LogP contribution in [-0.4, -0.2) is 51.0 Å². The molecule has 0 spiro atoms. The number of aromatic nitrogens is 4. The number of hydrogen-bond acceptors (Lipinski definition) is 5. The van der Waals surface area contributed by atoms with E-state index in [-0.39, 0.29) is 17.5 Å². The van der Waals surface area contributed by atoms with E-state index in [1.807, 2.05) is 6.20 Å². The Morgan fingerprint density at radius 3 is 3.18 bits per heavy atom. The first-order chi connectivity index (χ1) is 10.7. The summed E-state index contributed by atoms with van der Waals surface area (Å²) in [5.41, 5.74) is 0.793. The first-order valence-corrected chi connectivity index (χ1v) is 6.97. The highest BCUT2D eigenvalue weighted by molar-refractivity contribution is 5.94. The number of rotatable bonds is 4. The van der Waals surface area contributed by atoms with Crippen molar-refractivity contribution in [2.45, 2.75) is 19.1 Å². The van der Waals surface area contributed by atoms with Crippen molar-refractivity contribution in [3.63, 3.8) is 0 Å². The van der Waals surface area contributed by atoms with E-state index < -0.39 is 5.82 Å². The molecule has 1 aliphatic heterocycles. The number of hydrogen-bond donors (Lipinski definition) is 0. The highest BCUT2D eigenvalue weighted by Gasteiger charge is 2.30. The van der Waals surface area contributed by atoms with Crippen LogP contribution in [0.1, 0.15) is 28.5 Å². The fraction of sp³-hybridized carbons (Fsp3) is 0.429. The van der Waals surface area contributed by atoms with Crippen LogP contribution in [0, 0.1) is 5.82 Å². The predicted molar refractivity (Wildman–Crippen MR) is 74.5 cm³/mol. The number of halogens is 1. The number of amides is 1. The van der Waals surface area contributed by atoms with Crippen molar-refractivity contribution < 1.29 is 13.9 Å². The average Bonchev–Trinajstić information content (AvgIpc) is 3.16. The van der Waals surface area contributed by atoms with E-state index in [0.717, 1.165) is 18.3 Å². The lowest BCUT2D eigenvalue weighted by molar-refractivity contribution is 0.0782. The Morgan fingerprint density at radius 1 is 1.55 bits per heavy atom.